The molecule has 0 fully saturated rings. The van der Waals surface area contributed by atoms with Gasteiger partial charge < -0.3 is 15.5 Å². The highest BCUT2D eigenvalue weighted by atomic mass is 35.5. The second-order valence-electron chi connectivity index (χ2n) is 3.50. The van der Waals surface area contributed by atoms with Crippen LogP contribution in [0, 0.1) is 6.92 Å². The number of aryl methyl sites for hydroxylation is 1. The number of carboxylic acids is 1. The molecule has 17 heavy (non-hydrogen) atoms. The van der Waals surface area contributed by atoms with E-state index in [-0.39, 0.29) is 12.1 Å². The van der Waals surface area contributed by atoms with Crippen molar-refractivity contribution in [1.29, 1.82) is 0 Å². The van der Waals surface area contributed by atoms with Gasteiger partial charge in [-0.2, -0.15) is 0 Å². The number of nitrogens with one attached hydrogen (secondary N) is 1. The molecule has 0 unspecified atom stereocenters. The fraction of sp³-hybridized carbons (Fsp3) is 0.273. The van der Waals surface area contributed by atoms with E-state index >= 15 is 0 Å². The Balaban J connectivity index is 2.71. The van der Waals surface area contributed by atoms with Crippen molar-refractivity contribution in [2.24, 2.45) is 0 Å². The third-order valence-corrected chi connectivity index (χ3v) is 2.68. The second-order valence-corrected chi connectivity index (χ2v) is 3.88. The Morgan fingerprint density at radius 3 is 2.71 bits per heavy atom. The molecule has 0 heterocycles. The summed E-state index contributed by atoms with van der Waals surface area (Å²) in [5, 5.41) is 20.0. The monoisotopic (exact) mass is 257 g/mol. The number of rotatable bonds is 4. The molecule has 0 aliphatic carbocycles. The van der Waals surface area contributed by atoms with Gasteiger partial charge in [-0.15, -0.1) is 0 Å². The lowest BCUT2D eigenvalue weighted by molar-refractivity contribution is -0.146. The van der Waals surface area contributed by atoms with Crippen molar-refractivity contribution in [3.63, 3.8) is 0 Å². The SMILES string of the molecule is Cc1cccc(C(=O)NC[C@H](O)C(=O)O)c1Cl. The van der Waals surface area contributed by atoms with Gasteiger partial charge >= 0.3 is 5.97 Å². The Kier molecular flexibility index (Phi) is 4.48. The average Bonchev–Trinajstić information content (AvgIpc) is 2.29. The summed E-state index contributed by atoms with van der Waals surface area (Å²) in [6, 6.07) is 4.95. The highest BCUT2D eigenvalue weighted by molar-refractivity contribution is 6.34. The minimum absolute atomic E-state index is 0.254. The number of aliphatic hydroxyl groups excluding tert-OH is 1. The predicted molar refractivity (Wildman–Crippen MR) is 62.2 cm³/mol. The normalized spacial score (nSPS) is 11.9. The number of halogens is 1. The number of benzene rings is 1. The summed E-state index contributed by atoms with van der Waals surface area (Å²) in [5.74, 6) is -1.90. The van der Waals surface area contributed by atoms with E-state index < -0.39 is 18.0 Å². The third kappa shape index (κ3) is 3.44. The molecule has 1 amide bonds. The molecular weight excluding hydrogens is 246 g/mol. The van der Waals surface area contributed by atoms with Gasteiger partial charge in [-0.1, -0.05) is 23.7 Å². The first-order valence-corrected chi connectivity index (χ1v) is 5.25. The van der Waals surface area contributed by atoms with E-state index in [0.29, 0.717) is 5.02 Å². The van der Waals surface area contributed by atoms with Gasteiger partial charge in [0.15, 0.2) is 6.10 Å². The van der Waals surface area contributed by atoms with Crippen molar-refractivity contribution in [2.45, 2.75) is 13.0 Å². The number of amides is 1. The van der Waals surface area contributed by atoms with Gasteiger partial charge in [0.05, 0.1) is 17.1 Å². The molecule has 0 radical (unpaired) electrons. The molecule has 0 aliphatic heterocycles. The van der Waals surface area contributed by atoms with E-state index in [0.717, 1.165) is 5.56 Å². The summed E-state index contributed by atoms with van der Waals surface area (Å²) >= 11 is 5.93. The maximum absolute atomic E-state index is 11.6. The van der Waals surface area contributed by atoms with Crippen LogP contribution in [0.3, 0.4) is 0 Å². The maximum Gasteiger partial charge on any atom is 0.334 e. The van der Waals surface area contributed by atoms with Gasteiger partial charge in [-0.3, -0.25) is 4.79 Å². The lowest BCUT2D eigenvalue weighted by atomic mass is 10.1. The third-order valence-electron chi connectivity index (χ3n) is 2.18. The first-order valence-electron chi connectivity index (χ1n) is 4.87. The Hall–Kier alpha value is -1.59. The summed E-state index contributed by atoms with van der Waals surface area (Å²) in [6.45, 7) is 1.39. The van der Waals surface area contributed by atoms with Crippen LogP contribution in [0.5, 0.6) is 0 Å². The molecule has 3 N–H and O–H groups in total. The second kappa shape index (κ2) is 5.65. The molecular formula is C11H12ClNO4. The molecule has 92 valence electrons. The van der Waals surface area contributed by atoms with E-state index in [2.05, 4.69) is 5.32 Å². The largest absolute Gasteiger partial charge is 0.479 e. The van der Waals surface area contributed by atoms with Crippen LogP contribution in [0.2, 0.25) is 5.02 Å². The summed E-state index contributed by atoms with van der Waals surface area (Å²) in [6.07, 6.45) is -1.62. The minimum atomic E-state index is -1.62. The fourth-order valence-electron chi connectivity index (χ4n) is 1.19. The summed E-state index contributed by atoms with van der Waals surface area (Å²) < 4.78 is 0. The molecule has 1 rings (SSSR count). The topological polar surface area (TPSA) is 86.6 Å². The zero-order chi connectivity index (χ0) is 13.0. The molecule has 0 spiro atoms. The van der Waals surface area contributed by atoms with Crippen LogP contribution in [0.1, 0.15) is 15.9 Å². The first-order chi connectivity index (χ1) is 7.93. The molecule has 1 aromatic rings. The zero-order valence-electron chi connectivity index (χ0n) is 9.11. The van der Waals surface area contributed by atoms with Crippen molar-refractivity contribution < 1.29 is 19.8 Å². The van der Waals surface area contributed by atoms with Gasteiger partial charge in [0, 0.05) is 0 Å². The van der Waals surface area contributed by atoms with E-state index in [1.807, 2.05) is 0 Å². The summed E-state index contributed by atoms with van der Waals surface area (Å²) in [5.41, 5.74) is 1.00. The Labute approximate surface area is 103 Å². The van der Waals surface area contributed by atoms with Crippen molar-refractivity contribution in [2.75, 3.05) is 6.54 Å². The van der Waals surface area contributed by atoms with Crippen LogP contribution in [-0.4, -0.2) is 34.7 Å². The van der Waals surface area contributed by atoms with Crippen LogP contribution in [0.4, 0.5) is 0 Å². The van der Waals surface area contributed by atoms with Crippen LogP contribution >= 0.6 is 11.6 Å². The molecule has 1 atom stereocenters. The van der Waals surface area contributed by atoms with E-state index in [1.54, 1.807) is 19.1 Å². The molecule has 0 aliphatic rings. The molecule has 0 bridgehead atoms. The van der Waals surface area contributed by atoms with Gasteiger partial charge in [0.1, 0.15) is 0 Å². The number of aliphatic hydroxyl groups is 1. The lowest BCUT2D eigenvalue weighted by Crippen LogP contribution is -2.36. The van der Waals surface area contributed by atoms with E-state index in [4.69, 9.17) is 21.8 Å². The smallest absolute Gasteiger partial charge is 0.334 e. The Morgan fingerprint density at radius 2 is 2.12 bits per heavy atom. The lowest BCUT2D eigenvalue weighted by Gasteiger charge is -2.09. The molecule has 1 aromatic carbocycles. The maximum atomic E-state index is 11.6. The number of hydrogen-bond donors (Lipinski definition) is 3. The van der Waals surface area contributed by atoms with Gasteiger partial charge in [0.2, 0.25) is 0 Å². The number of carbonyl (C=O) groups is 2. The number of hydrogen-bond acceptors (Lipinski definition) is 3. The molecule has 0 aromatic heterocycles. The van der Waals surface area contributed by atoms with Gasteiger partial charge in [0.25, 0.3) is 5.91 Å². The standard InChI is InChI=1S/C11H12ClNO4/c1-6-3-2-4-7(9(6)12)10(15)13-5-8(14)11(16)17/h2-4,8,14H,5H2,1H3,(H,13,15)(H,16,17)/t8-/m0/s1. The Morgan fingerprint density at radius 1 is 1.47 bits per heavy atom. The highest BCUT2D eigenvalue weighted by Gasteiger charge is 2.16. The zero-order valence-corrected chi connectivity index (χ0v) is 9.86. The molecule has 5 nitrogen and oxygen atoms in total. The van der Waals surface area contributed by atoms with E-state index in [9.17, 15) is 9.59 Å². The van der Waals surface area contributed by atoms with Gasteiger partial charge in [-0.05, 0) is 18.6 Å². The van der Waals surface area contributed by atoms with Crippen molar-refractivity contribution in [1.82, 2.24) is 5.32 Å². The summed E-state index contributed by atoms with van der Waals surface area (Å²) in [7, 11) is 0. The molecule has 0 saturated carbocycles. The van der Waals surface area contributed by atoms with Crippen LogP contribution in [-0.2, 0) is 4.79 Å². The fourth-order valence-corrected chi connectivity index (χ4v) is 1.41. The predicted octanol–water partition coefficient (Wildman–Crippen LogP) is 0.824. The first kappa shape index (κ1) is 13.5. The van der Waals surface area contributed by atoms with Crippen molar-refractivity contribution in [3.8, 4) is 0 Å². The van der Waals surface area contributed by atoms with Crippen molar-refractivity contribution in [3.05, 3.63) is 34.3 Å². The van der Waals surface area contributed by atoms with Gasteiger partial charge in [-0.25, -0.2) is 4.79 Å². The number of aliphatic carboxylic acids is 1. The van der Waals surface area contributed by atoms with E-state index in [1.165, 1.54) is 6.07 Å². The summed E-state index contributed by atoms with van der Waals surface area (Å²) in [4.78, 5) is 22.0. The average molecular weight is 258 g/mol. The quantitative estimate of drug-likeness (QED) is 0.745. The minimum Gasteiger partial charge on any atom is -0.479 e. The number of carbonyl (C=O) groups excluding carboxylic acids is 1. The molecule has 0 saturated heterocycles. The van der Waals surface area contributed by atoms with Crippen LogP contribution in [0.25, 0.3) is 0 Å². The van der Waals surface area contributed by atoms with Crippen LogP contribution in [0.15, 0.2) is 18.2 Å². The van der Waals surface area contributed by atoms with Crippen LogP contribution < -0.4 is 5.32 Å². The Bertz CT molecular complexity index is 447. The highest BCUT2D eigenvalue weighted by Crippen LogP contribution is 2.19. The number of carboxylic acid groups (broad SMARTS) is 1. The molecule has 6 heteroatoms. The van der Waals surface area contributed by atoms with Crippen molar-refractivity contribution >= 4 is 23.5 Å².